The molecule has 98 valence electrons. The number of nitrogens with zero attached hydrogens (tertiary/aromatic N) is 1. The lowest BCUT2D eigenvalue weighted by molar-refractivity contribution is 0.0665. The number of ether oxygens (including phenoxy) is 1. The Hall–Kier alpha value is -1.68. The van der Waals surface area contributed by atoms with E-state index in [4.69, 9.17) is 16.3 Å². The molecule has 1 unspecified atom stereocenters. The third kappa shape index (κ3) is 2.54. The van der Waals surface area contributed by atoms with Gasteiger partial charge in [-0.05, 0) is 23.8 Å². The Morgan fingerprint density at radius 1 is 1.21 bits per heavy atom. The van der Waals surface area contributed by atoms with Crippen LogP contribution in [0.4, 0.5) is 8.78 Å². The van der Waals surface area contributed by atoms with Gasteiger partial charge < -0.3 is 4.74 Å². The van der Waals surface area contributed by atoms with Gasteiger partial charge in [0.2, 0.25) is 0 Å². The monoisotopic (exact) mass is 281 g/mol. The number of rotatable bonds is 3. The Bertz CT molecular complexity index is 601. The van der Waals surface area contributed by atoms with Crippen LogP contribution in [0.2, 0.25) is 5.02 Å². The Morgan fingerprint density at radius 3 is 2.47 bits per heavy atom. The van der Waals surface area contributed by atoms with Crippen LogP contribution in [0.1, 0.15) is 6.42 Å². The molecule has 1 fully saturated rings. The van der Waals surface area contributed by atoms with Crippen molar-refractivity contribution in [2.24, 2.45) is 0 Å². The summed E-state index contributed by atoms with van der Waals surface area (Å²) >= 11 is 6.04. The van der Waals surface area contributed by atoms with E-state index in [1.165, 1.54) is 0 Å². The highest BCUT2D eigenvalue weighted by atomic mass is 35.5. The number of pyridine rings is 1. The molecule has 1 aliphatic rings. The molecular weight excluding hydrogens is 272 g/mol. The van der Waals surface area contributed by atoms with Crippen molar-refractivity contribution in [1.29, 1.82) is 0 Å². The predicted molar refractivity (Wildman–Crippen MR) is 68.7 cm³/mol. The quantitative estimate of drug-likeness (QED) is 0.842. The van der Waals surface area contributed by atoms with Gasteiger partial charge in [-0.3, -0.25) is 4.98 Å². The number of hydrogen-bond donors (Lipinski definition) is 0. The maximum Gasteiger partial charge on any atom is 0.288 e. The fourth-order valence-electron chi connectivity index (χ4n) is 1.80. The maximum absolute atomic E-state index is 12.7. The van der Waals surface area contributed by atoms with E-state index in [-0.39, 0.29) is 6.42 Å². The molecule has 0 N–H and O–H groups in total. The highest BCUT2D eigenvalue weighted by Gasteiger charge is 2.59. The van der Waals surface area contributed by atoms with Crippen LogP contribution in [0.15, 0.2) is 42.7 Å². The average Bonchev–Trinajstić information content (AvgIpc) is 2.98. The van der Waals surface area contributed by atoms with Crippen LogP contribution in [0, 0.1) is 0 Å². The van der Waals surface area contributed by atoms with Gasteiger partial charge in [0, 0.05) is 18.0 Å². The highest BCUT2D eigenvalue weighted by molar-refractivity contribution is 6.33. The van der Waals surface area contributed by atoms with Crippen LogP contribution in [0.25, 0.3) is 11.1 Å². The van der Waals surface area contributed by atoms with E-state index < -0.39 is 12.0 Å². The van der Waals surface area contributed by atoms with Crippen molar-refractivity contribution < 1.29 is 13.5 Å². The van der Waals surface area contributed by atoms with Gasteiger partial charge in [-0.2, -0.15) is 0 Å². The summed E-state index contributed by atoms with van der Waals surface area (Å²) in [5.41, 5.74) is 1.74. The first kappa shape index (κ1) is 12.4. The molecule has 1 aromatic carbocycles. The number of alkyl halides is 2. The van der Waals surface area contributed by atoms with E-state index in [9.17, 15) is 8.78 Å². The second-order valence-corrected chi connectivity index (χ2v) is 4.86. The van der Waals surface area contributed by atoms with Gasteiger partial charge in [0.15, 0.2) is 6.10 Å². The van der Waals surface area contributed by atoms with E-state index in [0.717, 1.165) is 11.1 Å². The molecule has 19 heavy (non-hydrogen) atoms. The Balaban J connectivity index is 1.78. The van der Waals surface area contributed by atoms with E-state index in [0.29, 0.717) is 10.8 Å². The Kier molecular flexibility index (Phi) is 2.90. The molecule has 0 amide bonds. The summed E-state index contributed by atoms with van der Waals surface area (Å²) in [5.74, 6) is -2.23. The van der Waals surface area contributed by atoms with E-state index >= 15 is 0 Å². The summed E-state index contributed by atoms with van der Waals surface area (Å²) < 4.78 is 30.6. The second-order valence-electron chi connectivity index (χ2n) is 4.45. The molecule has 0 bridgehead atoms. The standard InChI is InChI=1S/C14H10ClF2NO/c15-12-8-18-6-5-11(12)9-1-3-10(4-2-9)19-13-7-14(13,16)17/h1-6,8,13H,7H2. The third-order valence-electron chi connectivity index (χ3n) is 2.98. The van der Waals surface area contributed by atoms with E-state index in [2.05, 4.69) is 4.98 Å². The summed E-state index contributed by atoms with van der Waals surface area (Å²) in [5, 5.41) is 0.546. The molecule has 0 aliphatic heterocycles. The number of aromatic nitrogens is 1. The summed E-state index contributed by atoms with van der Waals surface area (Å²) in [6.07, 6.45) is 2.02. The lowest BCUT2D eigenvalue weighted by atomic mass is 10.1. The van der Waals surface area contributed by atoms with E-state index in [1.807, 2.05) is 0 Å². The molecule has 1 saturated carbocycles. The maximum atomic E-state index is 12.7. The van der Waals surface area contributed by atoms with Crippen molar-refractivity contribution in [2.45, 2.75) is 18.4 Å². The number of hydrogen-bond acceptors (Lipinski definition) is 2. The topological polar surface area (TPSA) is 22.1 Å². The molecule has 1 heterocycles. The minimum absolute atomic E-state index is 0.203. The van der Waals surface area contributed by atoms with Gasteiger partial charge in [-0.15, -0.1) is 0 Å². The molecule has 1 aliphatic carbocycles. The molecule has 1 aromatic heterocycles. The SMILES string of the molecule is FC1(F)CC1Oc1ccc(-c2ccncc2Cl)cc1. The second kappa shape index (κ2) is 4.46. The Morgan fingerprint density at radius 2 is 1.89 bits per heavy atom. The number of benzene rings is 1. The van der Waals surface area contributed by atoms with Crippen molar-refractivity contribution >= 4 is 11.6 Å². The van der Waals surface area contributed by atoms with Crippen LogP contribution in [-0.4, -0.2) is 17.0 Å². The highest BCUT2D eigenvalue weighted by Crippen LogP contribution is 2.44. The lowest BCUT2D eigenvalue weighted by Gasteiger charge is -2.07. The van der Waals surface area contributed by atoms with Gasteiger partial charge in [0.25, 0.3) is 5.92 Å². The summed E-state index contributed by atoms with van der Waals surface area (Å²) in [4.78, 5) is 3.91. The molecule has 2 aromatic rings. The summed E-state index contributed by atoms with van der Waals surface area (Å²) in [6.45, 7) is 0. The van der Waals surface area contributed by atoms with E-state index in [1.54, 1.807) is 42.7 Å². The van der Waals surface area contributed by atoms with Crippen LogP contribution in [0.5, 0.6) is 5.75 Å². The third-order valence-corrected chi connectivity index (χ3v) is 3.29. The first-order valence-corrected chi connectivity index (χ1v) is 6.18. The van der Waals surface area contributed by atoms with Gasteiger partial charge in [-0.25, -0.2) is 8.78 Å². The fourth-order valence-corrected chi connectivity index (χ4v) is 2.03. The molecule has 0 spiro atoms. The number of halogens is 3. The largest absolute Gasteiger partial charge is 0.484 e. The van der Waals surface area contributed by atoms with Crippen LogP contribution >= 0.6 is 11.6 Å². The van der Waals surface area contributed by atoms with Crippen molar-refractivity contribution in [3.05, 3.63) is 47.7 Å². The van der Waals surface area contributed by atoms with Crippen molar-refractivity contribution in [3.8, 4) is 16.9 Å². The van der Waals surface area contributed by atoms with Crippen LogP contribution in [0.3, 0.4) is 0 Å². The van der Waals surface area contributed by atoms with Gasteiger partial charge in [0.1, 0.15) is 5.75 Å². The molecule has 5 heteroatoms. The summed E-state index contributed by atoms with van der Waals surface area (Å²) in [7, 11) is 0. The zero-order valence-electron chi connectivity index (χ0n) is 9.82. The summed E-state index contributed by atoms with van der Waals surface area (Å²) in [6, 6.07) is 8.71. The zero-order valence-corrected chi connectivity index (χ0v) is 10.6. The van der Waals surface area contributed by atoms with Crippen LogP contribution < -0.4 is 4.74 Å². The van der Waals surface area contributed by atoms with Crippen LogP contribution in [-0.2, 0) is 0 Å². The van der Waals surface area contributed by atoms with Gasteiger partial charge in [-0.1, -0.05) is 23.7 Å². The lowest BCUT2D eigenvalue weighted by Crippen LogP contribution is -2.06. The van der Waals surface area contributed by atoms with Crippen molar-refractivity contribution in [1.82, 2.24) is 4.98 Å². The molecular formula is C14H10ClF2NO. The Labute approximate surface area is 114 Å². The van der Waals surface area contributed by atoms with Gasteiger partial charge in [0.05, 0.1) is 11.4 Å². The minimum Gasteiger partial charge on any atom is -0.484 e. The first-order chi connectivity index (χ1) is 9.06. The molecule has 0 saturated heterocycles. The average molecular weight is 282 g/mol. The molecule has 3 rings (SSSR count). The van der Waals surface area contributed by atoms with Crippen molar-refractivity contribution in [2.75, 3.05) is 0 Å². The molecule has 1 atom stereocenters. The zero-order chi connectivity index (χ0) is 13.5. The van der Waals surface area contributed by atoms with Crippen molar-refractivity contribution in [3.63, 3.8) is 0 Å². The predicted octanol–water partition coefficient (Wildman–Crippen LogP) is 4.19. The minimum atomic E-state index is -2.67. The molecule has 2 nitrogen and oxygen atoms in total. The smallest absolute Gasteiger partial charge is 0.288 e. The first-order valence-electron chi connectivity index (χ1n) is 5.81. The normalized spacial score (nSPS) is 20.1. The molecule has 0 radical (unpaired) electrons. The fraction of sp³-hybridized carbons (Fsp3) is 0.214. The van der Waals surface area contributed by atoms with Gasteiger partial charge >= 0.3 is 0 Å².